The van der Waals surface area contributed by atoms with Crippen LogP contribution in [0.15, 0.2) is 43.0 Å². The van der Waals surface area contributed by atoms with Crippen LogP contribution >= 0.6 is 0 Å². The lowest BCUT2D eigenvalue weighted by molar-refractivity contribution is -0.921. The maximum atomic E-state index is 4.01. The van der Waals surface area contributed by atoms with Crippen LogP contribution < -0.4 is 12.4 Å². The molecule has 0 aliphatic rings. The molecule has 1 nitrogen and oxygen atoms in total. The van der Waals surface area contributed by atoms with Crippen molar-refractivity contribution in [2.24, 2.45) is 0 Å². The quantitative estimate of drug-likeness (QED) is 0.511. The Hall–Kier alpha value is -0.790. The summed E-state index contributed by atoms with van der Waals surface area (Å²) in [6.45, 7) is 7.32. The van der Waals surface area contributed by atoms with Crippen molar-refractivity contribution in [3.05, 3.63) is 48.6 Å². The molecule has 0 saturated heterocycles. The van der Waals surface area contributed by atoms with Crippen molar-refractivity contribution in [1.82, 2.24) is 0 Å². The maximum absolute atomic E-state index is 4.01. The second-order valence-electron chi connectivity index (χ2n) is 5.37. The van der Waals surface area contributed by atoms with Gasteiger partial charge in [0.25, 0.3) is 0 Å². The van der Waals surface area contributed by atoms with Crippen LogP contribution in [0.2, 0.25) is 0 Å². The van der Waals surface area contributed by atoms with Crippen molar-refractivity contribution in [3.8, 4) is 0 Å². The van der Waals surface area contributed by atoms with Gasteiger partial charge >= 0.3 is 0 Å². The normalized spacial score (nSPS) is 12.6. The monoisotopic (exact) mass is 267 g/mol. The summed E-state index contributed by atoms with van der Waals surface area (Å²) in [5, 5.41) is 0. The van der Waals surface area contributed by atoms with Crippen molar-refractivity contribution in [1.29, 1.82) is 0 Å². The van der Waals surface area contributed by atoms with Gasteiger partial charge in [0.15, 0.2) is 0 Å². The highest BCUT2D eigenvalue weighted by Gasteiger charge is 2.25. The standard InChI is InChI=1S/C16H26N.ClH/c1-5-7-13-16(6-2)17(3,4)14-15-11-9-8-10-12-15;/h6,8-12,16H,2,5,7,13-14H2,1,3-4H3;1H/q+1;/p-1. The molecular weight excluding hydrogens is 242 g/mol. The van der Waals surface area contributed by atoms with E-state index >= 15 is 0 Å². The molecule has 0 saturated carbocycles. The van der Waals surface area contributed by atoms with E-state index in [9.17, 15) is 0 Å². The van der Waals surface area contributed by atoms with Gasteiger partial charge in [-0.05, 0) is 12.5 Å². The Labute approximate surface area is 119 Å². The van der Waals surface area contributed by atoms with E-state index in [1.54, 1.807) is 0 Å². The molecule has 0 fully saturated rings. The van der Waals surface area contributed by atoms with Crippen LogP contribution in [0, 0.1) is 0 Å². The summed E-state index contributed by atoms with van der Waals surface area (Å²) in [6, 6.07) is 11.3. The van der Waals surface area contributed by atoms with E-state index in [2.05, 4.69) is 64.0 Å². The van der Waals surface area contributed by atoms with Crippen molar-refractivity contribution >= 4 is 0 Å². The number of likely N-dealkylation sites (N-methyl/N-ethyl adjacent to an activating group) is 1. The van der Waals surface area contributed by atoms with E-state index in [0.717, 1.165) is 11.0 Å². The average molecular weight is 268 g/mol. The third-order valence-corrected chi connectivity index (χ3v) is 3.46. The molecule has 0 heterocycles. The number of unbranched alkanes of at least 4 members (excludes halogenated alkanes) is 1. The SMILES string of the molecule is C=CC(CCCC)[N+](C)(C)Cc1ccccc1.[Cl-]. The van der Waals surface area contributed by atoms with E-state index in [-0.39, 0.29) is 12.4 Å². The highest BCUT2D eigenvalue weighted by atomic mass is 35.5. The molecule has 2 heteroatoms. The zero-order valence-corrected chi connectivity index (χ0v) is 12.7. The molecule has 0 amide bonds. The van der Waals surface area contributed by atoms with E-state index in [1.807, 2.05) is 0 Å². The Kier molecular flexibility index (Phi) is 7.97. The van der Waals surface area contributed by atoms with Crippen LogP contribution in [-0.4, -0.2) is 24.6 Å². The van der Waals surface area contributed by atoms with Crippen LogP contribution in [0.25, 0.3) is 0 Å². The molecule has 0 aliphatic carbocycles. The van der Waals surface area contributed by atoms with Gasteiger partial charge in [0.05, 0.1) is 14.1 Å². The second kappa shape index (κ2) is 8.34. The summed E-state index contributed by atoms with van der Waals surface area (Å²) < 4.78 is 0.994. The van der Waals surface area contributed by atoms with Gasteiger partial charge in [-0.25, -0.2) is 0 Å². The number of nitrogens with zero attached hydrogens (tertiary/aromatic N) is 1. The van der Waals surface area contributed by atoms with Gasteiger partial charge in [0, 0.05) is 12.0 Å². The molecule has 18 heavy (non-hydrogen) atoms. The summed E-state index contributed by atoms with van der Waals surface area (Å²) in [5.74, 6) is 0. The fraction of sp³-hybridized carbons (Fsp3) is 0.500. The van der Waals surface area contributed by atoms with Gasteiger partial charge in [0.2, 0.25) is 0 Å². The van der Waals surface area contributed by atoms with E-state index < -0.39 is 0 Å². The Morgan fingerprint density at radius 3 is 2.33 bits per heavy atom. The minimum absolute atomic E-state index is 0. The molecule has 1 unspecified atom stereocenters. The third kappa shape index (κ3) is 5.24. The number of rotatable bonds is 7. The van der Waals surface area contributed by atoms with Crippen LogP contribution in [0.3, 0.4) is 0 Å². The van der Waals surface area contributed by atoms with E-state index in [0.29, 0.717) is 6.04 Å². The number of hydrogen-bond acceptors (Lipinski definition) is 0. The highest BCUT2D eigenvalue weighted by Crippen LogP contribution is 2.19. The zero-order valence-electron chi connectivity index (χ0n) is 11.9. The Bertz CT molecular complexity index is 332. The van der Waals surface area contributed by atoms with Crippen molar-refractivity contribution in [2.75, 3.05) is 14.1 Å². The Balaban J connectivity index is 0.00000289. The van der Waals surface area contributed by atoms with Gasteiger partial charge in [0.1, 0.15) is 12.6 Å². The lowest BCUT2D eigenvalue weighted by atomic mass is 10.1. The minimum atomic E-state index is 0. The molecule has 1 atom stereocenters. The number of quaternary nitrogens is 1. The zero-order chi connectivity index (χ0) is 12.7. The molecule has 0 aliphatic heterocycles. The molecule has 0 N–H and O–H groups in total. The second-order valence-corrected chi connectivity index (χ2v) is 5.37. The first kappa shape index (κ1) is 17.2. The predicted molar refractivity (Wildman–Crippen MR) is 75.8 cm³/mol. The first-order valence-corrected chi connectivity index (χ1v) is 6.59. The third-order valence-electron chi connectivity index (χ3n) is 3.46. The van der Waals surface area contributed by atoms with E-state index in [4.69, 9.17) is 0 Å². The van der Waals surface area contributed by atoms with Crippen LogP contribution in [0.4, 0.5) is 0 Å². The topological polar surface area (TPSA) is 0 Å². The number of benzene rings is 1. The lowest BCUT2D eigenvalue weighted by Crippen LogP contribution is -3.00. The Morgan fingerprint density at radius 2 is 1.83 bits per heavy atom. The van der Waals surface area contributed by atoms with Crippen LogP contribution in [0.1, 0.15) is 31.7 Å². The molecule has 0 spiro atoms. The lowest BCUT2D eigenvalue weighted by Gasteiger charge is -2.36. The molecule has 1 rings (SSSR count). The van der Waals surface area contributed by atoms with Crippen LogP contribution in [-0.2, 0) is 6.54 Å². The van der Waals surface area contributed by atoms with Gasteiger partial charge < -0.3 is 16.9 Å². The molecule has 0 bridgehead atoms. The van der Waals surface area contributed by atoms with Crippen LogP contribution in [0.5, 0.6) is 0 Å². The minimum Gasteiger partial charge on any atom is -1.00 e. The average Bonchev–Trinajstić information content (AvgIpc) is 2.30. The summed E-state index contributed by atoms with van der Waals surface area (Å²) in [5.41, 5.74) is 1.40. The van der Waals surface area contributed by atoms with Crippen molar-refractivity contribution < 1.29 is 16.9 Å². The molecule has 1 aromatic rings. The van der Waals surface area contributed by atoms with Gasteiger partial charge in [-0.1, -0.05) is 50.3 Å². The largest absolute Gasteiger partial charge is 1.00 e. The molecular formula is C16H26ClN. The number of halogens is 1. The first-order valence-electron chi connectivity index (χ1n) is 6.59. The summed E-state index contributed by atoms with van der Waals surface area (Å²) in [7, 11) is 4.60. The molecule has 102 valence electrons. The van der Waals surface area contributed by atoms with Gasteiger partial charge in [-0.3, -0.25) is 0 Å². The molecule has 1 aromatic carbocycles. The maximum Gasteiger partial charge on any atom is 0.107 e. The Morgan fingerprint density at radius 1 is 1.22 bits per heavy atom. The van der Waals surface area contributed by atoms with Gasteiger partial charge in [-0.15, -0.1) is 0 Å². The molecule has 0 aromatic heterocycles. The van der Waals surface area contributed by atoms with Crippen molar-refractivity contribution in [2.45, 2.75) is 38.8 Å². The highest BCUT2D eigenvalue weighted by molar-refractivity contribution is 5.13. The fourth-order valence-corrected chi connectivity index (χ4v) is 2.34. The number of hydrogen-bond donors (Lipinski definition) is 0. The summed E-state index contributed by atoms with van der Waals surface area (Å²) in [4.78, 5) is 0. The van der Waals surface area contributed by atoms with Gasteiger partial charge in [-0.2, -0.15) is 0 Å². The first-order chi connectivity index (χ1) is 8.10. The smallest absolute Gasteiger partial charge is 0.107 e. The van der Waals surface area contributed by atoms with E-state index in [1.165, 1.54) is 24.8 Å². The predicted octanol–water partition coefficient (Wildman–Crippen LogP) is 1.01. The van der Waals surface area contributed by atoms with Crippen molar-refractivity contribution in [3.63, 3.8) is 0 Å². The molecule has 0 radical (unpaired) electrons. The summed E-state index contributed by atoms with van der Waals surface area (Å²) in [6.07, 6.45) is 5.90. The summed E-state index contributed by atoms with van der Waals surface area (Å²) >= 11 is 0. The fourth-order valence-electron chi connectivity index (χ4n) is 2.34.